The molecule has 1 aliphatic heterocycles. The summed E-state index contributed by atoms with van der Waals surface area (Å²) in [6, 6.07) is 4.67. The van der Waals surface area contributed by atoms with E-state index in [9.17, 15) is 9.18 Å². The largest absolute Gasteiger partial charge is 0.494 e. The summed E-state index contributed by atoms with van der Waals surface area (Å²) in [5.41, 5.74) is 1.24. The number of benzene rings is 1. The van der Waals surface area contributed by atoms with E-state index in [1.165, 1.54) is 24.5 Å². The van der Waals surface area contributed by atoms with E-state index in [-0.39, 0.29) is 30.1 Å². The lowest BCUT2D eigenvalue weighted by molar-refractivity contribution is -0.117. The van der Waals surface area contributed by atoms with Gasteiger partial charge in [-0.3, -0.25) is 4.79 Å². The molecule has 1 amide bonds. The van der Waals surface area contributed by atoms with Gasteiger partial charge in [-0.25, -0.2) is 9.37 Å². The molecule has 0 bridgehead atoms. The van der Waals surface area contributed by atoms with E-state index in [1.54, 1.807) is 17.5 Å². The van der Waals surface area contributed by atoms with Crippen molar-refractivity contribution in [2.24, 2.45) is 0 Å². The maximum atomic E-state index is 13.8. The lowest BCUT2D eigenvalue weighted by Crippen LogP contribution is -2.43. The van der Waals surface area contributed by atoms with Gasteiger partial charge in [0.05, 0.1) is 26.0 Å². The van der Waals surface area contributed by atoms with E-state index >= 15 is 0 Å². The number of amides is 1. The number of hydrogen-bond donors (Lipinski definition) is 2. The molecule has 2 N–H and O–H groups in total. The molecule has 1 fully saturated rings. The van der Waals surface area contributed by atoms with Gasteiger partial charge in [0.1, 0.15) is 0 Å². The Morgan fingerprint density at radius 3 is 3.08 bits per heavy atom. The van der Waals surface area contributed by atoms with E-state index in [1.807, 2.05) is 0 Å². The van der Waals surface area contributed by atoms with Crippen molar-refractivity contribution in [3.63, 3.8) is 0 Å². The van der Waals surface area contributed by atoms with Crippen molar-refractivity contribution in [1.82, 2.24) is 10.3 Å². The number of nitrogens with one attached hydrogen (secondary N) is 2. The third-order valence-corrected chi connectivity index (χ3v) is 4.39. The van der Waals surface area contributed by atoms with E-state index in [4.69, 9.17) is 9.47 Å². The number of aromatic nitrogens is 1. The van der Waals surface area contributed by atoms with Crippen molar-refractivity contribution >= 4 is 34.8 Å². The molecule has 0 radical (unpaired) electrons. The number of nitrogens with zero attached hydrogens (tertiary/aromatic N) is 1. The van der Waals surface area contributed by atoms with Crippen molar-refractivity contribution in [3.05, 3.63) is 29.4 Å². The Balaban J connectivity index is 0.00000225. The zero-order chi connectivity index (χ0) is 16.9. The molecular weight excluding hydrogens is 369 g/mol. The van der Waals surface area contributed by atoms with Crippen molar-refractivity contribution < 1.29 is 18.7 Å². The third-order valence-electron chi connectivity index (χ3n) is 3.63. The van der Waals surface area contributed by atoms with Gasteiger partial charge in [-0.1, -0.05) is 0 Å². The van der Waals surface area contributed by atoms with E-state index in [0.29, 0.717) is 36.0 Å². The second-order valence-electron chi connectivity index (χ2n) is 5.37. The Labute approximate surface area is 155 Å². The highest BCUT2D eigenvalue weighted by Gasteiger charge is 2.18. The number of morpholine rings is 1. The van der Waals surface area contributed by atoms with Crippen LogP contribution in [-0.2, 0) is 9.53 Å². The minimum Gasteiger partial charge on any atom is -0.494 e. The van der Waals surface area contributed by atoms with Crippen LogP contribution in [-0.4, -0.2) is 43.8 Å². The maximum absolute atomic E-state index is 13.8. The first-order valence-corrected chi connectivity index (χ1v) is 8.44. The van der Waals surface area contributed by atoms with Crippen LogP contribution in [0.25, 0.3) is 11.3 Å². The molecular formula is C16H19ClFN3O3S. The minimum absolute atomic E-state index is 0. The summed E-state index contributed by atoms with van der Waals surface area (Å²) in [7, 11) is 1.42. The Hall–Kier alpha value is -1.74. The minimum atomic E-state index is -0.447. The predicted octanol–water partition coefficient (Wildman–Crippen LogP) is 2.70. The summed E-state index contributed by atoms with van der Waals surface area (Å²) in [6.45, 7) is 1.95. The quantitative estimate of drug-likeness (QED) is 0.825. The topological polar surface area (TPSA) is 72.5 Å². The molecule has 3 rings (SSSR count). The normalized spacial score (nSPS) is 16.8. The van der Waals surface area contributed by atoms with E-state index in [2.05, 4.69) is 15.6 Å². The van der Waals surface area contributed by atoms with Gasteiger partial charge in [0, 0.05) is 30.0 Å². The van der Waals surface area contributed by atoms with Crippen molar-refractivity contribution in [3.8, 4) is 17.0 Å². The fraction of sp³-hybridized carbons (Fsp3) is 0.375. The molecule has 0 spiro atoms. The fourth-order valence-corrected chi connectivity index (χ4v) is 3.17. The highest BCUT2D eigenvalue weighted by molar-refractivity contribution is 7.14. The Morgan fingerprint density at radius 2 is 2.40 bits per heavy atom. The molecule has 25 heavy (non-hydrogen) atoms. The van der Waals surface area contributed by atoms with Crippen molar-refractivity contribution in [2.75, 3.05) is 32.2 Å². The van der Waals surface area contributed by atoms with Crippen LogP contribution in [0.4, 0.5) is 9.52 Å². The van der Waals surface area contributed by atoms with Crippen molar-refractivity contribution in [2.45, 2.75) is 12.5 Å². The first-order valence-electron chi connectivity index (χ1n) is 7.56. The Morgan fingerprint density at radius 1 is 1.56 bits per heavy atom. The van der Waals surface area contributed by atoms with Gasteiger partial charge in [0.15, 0.2) is 16.7 Å². The van der Waals surface area contributed by atoms with Gasteiger partial charge in [-0.2, -0.15) is 0 Å². The average Bonchev–Trinajstić information content (AvgIpc) is 3.04. The van der Waals surface area contributed by atoms with Crippen LogP contribution in [0.3, 0.4) is 0 Å². The first kappa shape index (κ1) is 19.6. The third kappa shape index (κ3) is 5.12. The summed E-state index contributed by atoms with van der Waals surface area (Å²) in [4.78, 5) is 16.4. The summed E-state index contributed by atoms with van der Waals surface area (Å²) < 4.78 is 24.0. The molecule has 1 aromatic heterocycles. The number of anilines is 1. The molecule has 0 saturated carbocycles. The van der Waals surface area contributed by atoms with Crippen LogP contribution in [0.5, 0.6) is 5.75 Å². The molecule has 6 nitrogen and oxygen atoms in total. The molecule has 1 unspecified atom stereocenters. The number of ether oxygens (including phenoxy) is 2. The summed E-state index contributed by atoms with van der Waals surface area (Å²) in [5.74, 6) is -0.388. The van der Waals surface area contributed by atoms with Gasteiger partial charge in [-0.15, -0.1) is 23.7 Å². The van der Waals surface area contributed by atoms with Crippen LogP contribution in [0, 0.1) is 5.82 Å². The fourth-order valence-electron chi connectivity index (χ4n) is 2.43. The zero-order valence-corrected chi connectivity index (χ0v) is 15.2. The number of halogens is 2. The smallest absolute Gasteiger partial charge is 0.227 e. The highest BCUT2D eigenvalue weighted by atomic mass is 35.5. The first-order chi connectivity index (χ1) is 11.7. The van der Waals surface area contributed by atoms with E-state index < -0.39 is 5.82 Å². The molecule has 0 aliphatic carbocycles. The van der Waals surface area contributed by atoms with Crippen molar-refractivity contribution in [1.29, 1.82) is 0 Å². The number of hydrogen-bond acceptors (Lipinski definition) is 6. The summed E-state index contributed by atoms with van der Waals surface area (Å²) in [5, 5.41) is 8.26. The Kier molecular flexibility index (Phi) is 7.12. The SMILES string of the molecule is COc1ccc(-c2csc(NC(=O)CC3COCCN3)n2)cc1F.Cl. The molecule has 1 atom stereocenters. The van der Waals surface area contributed by atoms with Crippen LogP contribution >= 0.6 is 23.7 Å². The lowest BCUT2D eigenvalue weighted by atomic mass is 10.1. The molecule has 136 valence electrons. The second kappa shape index (κ2) is 9.10. The standard InChI is InChI=1S/C16H18FN3O3S.ClH/c1-22-14-3-2-10(6-12(14)17)13-9-24-16(19-13)20-15(21)7-11-8-23-5-4-18-11;/h2-3,6,9,11,18H,4-5,7-8H2,1H3,(H,19,20,21);1H. The van der Waals surface area contributed by atoms with Gasteiger partial charge in [0.25, 0.3) is 0 Å². The van der Waals surface area contributed by atoms with E-state index in [0.717, 1.165) is 6.54 Å². The van der Waals surface area contributed by atoms with Gasteiger partial charge >= 0.3 is 0 Å². The van der Waals surface area contributed by atoms with Crippen LogP contribution in [0.15, 0.2) is 23.6 Å². The molecule has 9 heteroatoms. The number of carbonyl (C=O) groups is 1. The number of methoxy groups -OCH3 is 1. The number of carbonyl (C=O) groups excluding carboxylic acids is 1. The van der Waals surface area contributed by atoms with Gasteiger partial charge in [0.2, 0.25) is 5.91 Å². The highest BCUT2D eigenvalue weighted by Crippen LogP contribution is 2.28. The molecule has 2 heterocycles. The lowest BCUT2D eigenvalue weighted by Gasteiger charge is -2.22. The zero-order valence-electron chi connectivity index (χ0n) is 13.6. The van der Waals surface area contributed by atoms with Crippen LogP contribution < -0.4 is 15.4 Å². The monoisotopic (exact) mass is 387 g/mol. The average molecular weight is 388 g/mol. The molecule has 1 aliphatic rings. The molecule has 1 saturated heterocycles. The second-order valence-corrected chi connectivity index (χ2v) is 6.22. The summed E-state index contributed by atoms with van der Waals surface area (Å²) >= 11 is 1.30. The van der Waals surface area contributed by atoms with Crippen LogP contribution in [0.1, 0.15) is 6.42 Å². The molecule has 1 aromatic carbocycles. The predicted molar refractivity (Wildman–Crippen MR) is 97.2 cm³/mol. The maximum Gasteiger partial charge on any atom is 0.227 e. The summed E-state index contributed by atoms with van der Waals surface area (Å²) in [6.07, 6.45) is 0.325. The van der Waals surface area contributed by atoms with Crippen LogP contribution in [0.2, 0.25) is 0 Å². The van der Waals surface area contributed by atoms with Gasteiger partial charge in [-0.05, 0) is 18.2 Å². The van der Waals surface area contributed by atoms with Gasteiger partial charge < -0.3 is 20.1 Å². The molecule has 2 aromatic rings. The number of thiazole rings is 1. The Bertz CT molecular complexity index is 722. The number of rotatable bonds is 5.